The molecule has 0 unspecified atom stereocenters. The summed E-state index contributed by atoms with van der Waals surface area (Å²) in [5.74, 6) is -0.541. The molecule has 0 fully saturated rings. The number of hydrogen-bond donors (Lipinski definition) is 1. The van der Waals surface area contributed by atoms with E-state index in [-0.39, 0.29) is 18.1 Å². The highest BCUT2D eigenvalue weighted by molar-refractivity contribution is 7.09. The quantitative estimate of drug-likeness (QED) is 0.762. The first-order chi connectivity index (χ1) is 12.1. The second-order valence-corrected chi connectivity index (χ2v) is 7.15. The van der Waals surface area contributed by atoms with Crippen LogP contribution in [-0.2, 0) is 4.79 Å². The summed E-state index contributed by atoms with van der Waals surface area (Å²) in [5, 5.41) is 5.95. The zero-order valence-electron chi connectivity index (χ0n) is 13.7. The Labute approximate surface area is 149 Å². The molecule has 0 aliphatic heterocycles. The third-order valence-electron chi connectivity index (χ3n) is 4.39. The van der Waals surface area contributed by atoms with Gasteiger partial charge in [-0.15, -0.1) is 11.3 Å². The van der Waals surface area contributed by atoms with Crippen LogP contribution in [0, 0.1) is 6.92 Å². The Bertz CT molecular complexity index is 977. The van der Waals surface area contributed by atoms with Crippen molar-refractivity contribution >= 4 is 28.7 Å². The monoisotopic (exact) mass is 348 g/mol. The predicted molar refractivity (Wildman–Crippen MR) is 99.0 cm³/mol. The smallest absolute Gasteiger partial charge is 0.232 e. The molecule has 5 heteroatoms. The van der Waals surface area contributed by atoms with Crippen LogP contribution in [0.2, 0.25) is 0 Å². The highest BCUT2D eigenvalue weighted by Gasteiger charge is 2.33. The lowest BCUT2D eigenvalue weighted by Gasteiger charge is -2.12. The van der Waals surface area contributed by atoms with E-state index in [1.807, 2.05) is 54.8 Å². The number of thiazole rings is 1. The number of carbonyl (C=O) groups excluding carboxylic acids is 2. The zero-order valence-corrected chi connectivity index (χ0v) is 14.5. The number of amides is 1. The van der Waals surface area contributed by atoms with Crippen LogP contribution in [0.3, 0.4) is 0 Å². The Balaban J connectivity index is 1.57. The molecule has 0 saturated heterocycles. The number of hydrogen-bond acceptors (Lipinski definition) is 4. The molecule has 0 spiro atoms. The van der Waals surface area contributed by atoms with E-state index in [1.165, 1.54) is 0 Å². The number of ketones is 1. The Morgan fingerprint density at radius 1 is 1.20 bits per heavy atom. The Morgan fingerprint density at radius 3 is 2.84 bits per heavy atom. The fourth-order valence-electron chi connectivity index (χ4n) is 3.18. The summed E-state index contributed by atoms with van der Waals surface area (Å²) in [6.07, 6.45) is 0.232. The molecule has 1 aliphatic carbocycles. The number of Topliss-reactive ketones (excluding diaryl/α,β-unsaturated/α-hetero) is 1. The van der Waals surface area contributed by atoms with E-state index in [0.717, 1.165) is 21.8 Å². The van der Waals surface area contributed by atoms with Crippen molar-refractivity contribution in [1.29, 1.82) is 0 Å². The van der Waals surface area contributed by atoms with Crippen molar-refractivity contribution in [2.24, 2.45) is 0 Å². The molecule has 1 aliphatic rings. The van der Waals surface area contributed by atoms with Gasteiger partial charge in [-0.25, -0.2) is 4.98 Å². The first kappa shape index (κ1) is 15.7. The van der Waals surface area contributed by atoms with Crippen LogP contribution in [0.5, 0.6) is 0 Å². The standard InChI is InChI=1S/C20H16N2O2S/c1-12-21-18(11-25-12)13-5-4-6-14(9-13)22-20(24)17-10-19(23)16-8-3-2-7-15(16)17/h2-9,11,17H,10H2,1H3,(H,22,24)/t17-/m0/s1. The lowest BCUT2D eigenvalue weighted by molar-refractivity contribution is -0.117. The molecule has 124 valence electrons. The molecule has 25 heavy (non-hydrogen) atoms. The van der Waals surface area contributed by atoms with Crippen LogP contribution in [-0.4, -0.2) is 16.7 Å². The van der Waals surface area contributed by atoms with Crippen molar-refractivity contribution in [2.45, 2.75) is 19.3 Å². The van der Waals surface area contributed by atoms with Crippen LogP contribution in [0.25, 0.3) is 11.3 Å². The Hall–Kier alpha value is -2.79. The van der Waals surface area contributed by atoms with Crippen molar-refractivity contribution in [2.75, 3.05) is 5.32 Å². The van der Waals surface area contributed by atoms with Crippen molar-refractivity contribution in [3.63, 3.8) is 0 Å². The van der Waals surface area contributed by atoms with Gasteiger partial charge in [0.2, 0.25) is 5.91 Å². The van der Waals surface area contributed by atoms with Gasteiger partial charge in [-0.3, -0.25) is 9.59 Å². The summed E-state index contributed by atoms with van der Waals surface area (Å²) in [4.78, 5) is 29.3. The first-order valence-corrected chi connectivity index (χ1v) is 8.95. The van der Waals surface area contributed by atoms with Gasteiger partial charge in [0, 0.05) is 28.6 Å². The van der Waals surface area contributed by atoms with Gasteiger partial charge in [0.05, 0.1) is 16.6 Å². The summed E-state index contributed by atoms with van der Waals surface area (Å²) in [5.41, 5.74) is 4.06. The number of nitrogens with one attached hydrogen (secondary N) is 1. The number of nitrogens with zero attached hydrogens (tertiary/aromatic N) is 1. The molecule has 1 heterocycles. The number of aryl methyl sites for hydroxylation is 1. The molecule has 0 radical (unpaired) electrons. The summed E-state index contributed by atoms with van der Waals surface area (Å²) in [7, 11) is 0. The number of carbonyl (C=O) groups is 2. The summed E-state index contributed by atoms with van der Waals surface area (Å²) < 4.78 is 0. The molecule has 1 atom stereocenters. The second kappa shape index (κ2) is 6.26. The van der Waals surface area contributed by atoms with E-state index in [1.54, 1.807) is 17.4 Å². The van der Waals surface area contributed by atoms with Crippen molar-refractivity contribution in [1.82, 2.24) is 4.98 Å². The van der Waals surface area contributed by atoms with Crippen molar-refractivity contribution in [3.05, 3.63) is 70.0 Å². The fourth-order valence-corrected chi connectivity index (χ4v) is 3.80. The average Bonchev–Trinajstić information content (AvgIpc) is 3.20. The summed E-state index contributed by atoms with van der Waals surface area (Å²) in [6.45, 7) is 1.97. The maximum atomic E-state index is 12.7. The Kier molecular flexibility index (Phi) is 3.93. The third kappa shape index (κ3) is 2.98. The molecular formula is C20H16N2O2S. The normalized spacial score (nSPS) is 15.9. The molecule has 4 nitrogen and oxygen atoms in total. The molecule has 3 aromatic rings. The number of aromatic nitrogens is 1. The highest BCUT2D eigenvalue weighted by Crippen LogP contribution is 2.34. The number of anilines is 1. The van der Waals surface area contributed by atoms with Crippen LogP contribution in [0.1, 0.15) is 33.3 Å². The third-order valence-corrected chi connectivity index (χ3v) is 5.16. The molecule has 1 N–H and O–H groups in total. The molecule has 0 saturated carbocycles. The average molecular weight is 348 g/mol. The first-order valence-electron chi connectivity index (χ1n) is 8.07. The number of benzene rings is 2. The van der Waals surface area contributed by atoms with Gasteiger partial charge in [-0.2, -0.15) is 0 Å². The number of rotatable bonds is 3. The number of fused-ring (bicyclic) bond motifs is 1. The van der Waals surface area contributed by atoms with E-state index in [2.05, 4.69) is 10.3 Å². The van der Waals surface area contributed by atoms with Crippen molar-refractivity contribution in [3.8, 4) is 11.3 Å². The van der Waals surface area contributed by atoms with Crippen LogP contribution >= 0.6 is 11.3 Å². The zero-order chi connectivity index (χ0) is 17.4. The van der Waals surface area contributed by atoms with Gasteiger partial charge in [-0.05, 0) is 24.6 Å². The minimum atomic E-state index is -0.422. The maximum Gasteiger partial charge on any atom is 0.232 e. The lowest BCUT2D eigenvalue weighted by Crippen LogP contribution is -2.19. The van der Waals surface area contributed by atoms with Crippen LogP contribution in [0.15, 0.2) is 53.9 Å². The minimum absolute atomic E-state index is 0.0300. The minimum Gasteiger partial charge on any atom is -0.326 e. The highest BCUT2D eigenvalue weighted by atomic mass is 32.1. The van der Waals surface area contributed by atoms with Crippen molar-refractivity contribution < 1.29 is 9.59 Å². The van der Waals surface area contributed by atoms with Gasteiger partial charge in [0.25, 0.3) is 0 Å². The van der Waals surface area contributed by atoms with E-state index in [0.29, 0.717) is 11.3 Å². The largest absolute Gasteiger partial charge is 0.326 e. The van der Waals surface area contributed by atoms with Gasteiger partial charge in [-0.1, -0.05) is 36.4 Å². The SMILES string of the molecule is Cc1nc(-c2cccc(NC(=O)[C@H]3CC(=O)c4ccccc43)c2)cs1. The van der Waals surface area contributed by atoms with Gasteiger partial charge in [0.1, 0.15) is 0 Å². The molecule has 0 bridgehead atoms. The van der Waals surface area contributed by atoms with E-state index in [9.17, 15) is 9.59 Å². The van der Waals surface area contributed by atoms with Gasteiger partial charge >= 0.3 is 0 Å². The molecule has 2 aromatic carbocycles. The molecular weight excluding hydrogens is 332 g/mol. The van der Waals surface area contributed by atoms with E-state index in [4.69, 9.17) is 0 Å². The van der Waals surface area contributed by atoms with Crippen LogP contribution < -0.4 is 5.32 Å². The molecule has 1 amide bonds. The lowest BCUT2D eigenvalue weighted by atomic mass is 10.0. The molecule has 4 rings (SSSR count). The van der Waals surface area contributed by atoms with E-state index >= 15 is 0 Å². The van der Waals surface area contributed by atoms with Crippen LogP contribution in [0.4, 0.5) is 5.69 Å². The van der Waals surface area contributed by atoms with E-state index < -0.39 is 5.92 Å². The van der Waals surface area contributed by atoms with Gasteiger partial charge in [0.15, 0.2) is 5.78 Å². The summed E-state index contributed by atoms with van der Waals surface area (Å²) in [6, 6.07) is 15.0. The maximum absolute atomic E-state index is 12.7. The Morgan fingerprint density at radius 2 is 2.04 bits per heavy atom. The fraction of sp³-hybridized carbons (Fsp3) is 0.150. The van der Waals surface area contributed by atoms with Gasteiger partial charge < -0.3 is 5.32 Å². The summed E-state index contributed by atoms with van der Waals surface area (Å²) >= 11 is 1.60. The predicted octanol–water partition coefficient (Wildman–Crippen LogP) is 4.43. The second-order valence-electron chi connectivity index (χ2n) is 6.09. The molecule has 1 aromatic heterocycles. The topological polar surface area (TPSA) is 59.1 Å².